The van der Waals surface area contributed by atoms with Crippen LogP contribution in [0.4, 0.5) is 0 Å². The topological polar surface area (TPSA) is 203 Å². The SMILES string of the molecule is COCCOCCOCCOCCOCCOCCOCCOCCOCCOCCOCCOCCC(=O)NCCCC[C@H](N)C(=O)O. The van der Waals surface area contributed by atoms with Gasteiger partial charge in [-0.15, -0.1) is 0 Å². The van der Waals surface area contributed by atoms with Crippen molar-refractivity contribution in [3.05, 3.63) is 0 Å². The van der Waals surface area contributed by atoms with Crippen molar-refractivity contribution in [3.8, 4) is 0 Å². The van der Waals surface area contributed by atoms with E-state index in [1.54, 1.807) is 7.11 Å². The average Bonchev–Trinajstić information content (AvgIpc) is 3.09. The number of rotatable bonds is 42. The van der Waals surface area contributed by atoms with Crippen LogP contribution in [-0.4, -0.2) is 189 Å². The number of amides is 1. The van der Waals surface area contributed by atoms with E-state index in [0.717, 1.165) is 0 Å². The van der Waals surface area contributed by atoms with Crippen LogP contribution in [0.25, 0.3) is 0 Å². The smallest absolute Gasteiger partial charge is 0.320 e. The van der Waals surface area contributed by atoms with Gasteiger partial charge < -0.3 is 73.0 Å². The molecule has 17 nitrogen and oxygen atoms in total. The highest BCUT2D eigenvalue weighted by molar-refractivity contribution is 5.75. The molecule has 0 aromatic carbocycles. The lowest BCUT2D eigenvalue weighted by molar-refractivity contribution is -0.138. The zero-order valence-electron chi connectivity index (χ0n) is 29.6. The second-order valence-corrected chi connectivity index (χ2v) is 10.3. The van der Waals surface area contributed by atoms with Gasteiger partial charge in [0.25, 0.3) is 0 Å². The second kappa shape index (κ2) is 40.8. The molecule has 0 fully saturated rings. The molecule has 292 valence electrons. The summed E-state index contributed by atoms with van der Waals surface area (Å²) in [7, 11) is 1.64. The predicted molar refractivity (Wildman–Crippen MR) is 178 cm³/mol. The van der Waals surface area contributed by atoms with Gasteiger partial charge in [-0.05, 0) is 19.3 Å². The minimum Gasteiger partial charge on any atom is -0.480 e. The number of nitrogens with two attached hydrogens (primary N) is 1. The normalized spacial score (nSPS) is 12.0. The van der Waals surface area contributed by atoms with E-state index in [1.165, 1.54) is 0 Å². The lowest BCUT2D eigenvalue weighted by atomic mass is 10.1. The Kier molecular flexibility index (Phi) is 39.5. The molecule has 0 saturated carbocycles. The standard InChI is InChI=1S/C32H64N2O15/c1-38-8-9-40-12-13-42-16-17-44-20-21-46-24-25-48-28-29-49-27-26-47-23-22-45-19-18-43-15-14-41-11-10-39-7-5-31(35)34-6-3-2-4-30(33)32(36)37/h30H,2-29,33H2,1H3,(H,34,35)(H,36,37)/t30-/m0/s1. The Bertz CT molecular complexity index is 697. The van der Waals surface area contributed by atoms with Gasteiger partial charge in [-0.1, -0.05) is 0 Å². The Labute approximate surface area is 291 Å². The summed E-state index contributed by atoms with van der Waals surface area (Å²) in [5, 5.41) is 11.5. The Morgan fingerprint density at radius 2 is 0.776 bits per heavy atom. The summed E-state index contributed by atoms with van der Waals surface area (Å²) in [6.07, 6.45) is 1.97. The van der Waals surface area contributed by atoms with E-state index in [1.807, 2.05) is 0 Å². The Morgan fingerprint density at radius 1 is 0.490 bits per heavy atom. The van der Waals surface area contributed by atoms with Crippen LogP contribution >= 0.6 is 0 Å². The van der Waals surface area contributed by atoms with Crippen LogP contribution in [0.2, 0.25) is 0 Å². The number of hydrogen-bond acceptors (Lipinski definition) is 15. The summed E-state index contributed by atoms with van der Waals surface area (Å²) in [4.78, 5) is 22.4. The third kappa shape index (κ3) is 40.7. The minimum atomic E-state index is -1.01. The average molecular weight is 717 g/mol. The van der Waals surface area contributed by atoms with Gasteiger partial charge in [-0.3, -0.25) is 9.59 Å². The zero-order chi connectivity index (χ0) is 35.7. The molecule has 0 rings (SSSR count). The molecule has 1 atom stereocenters. The molecular formula is C32H64N2O15. The Morgan fingerprint density at radius 3 is 1.06 bits per heavy atom. The van der Waals surface area contributed by atoms with Crippen molar-refractivity contribution in [1.82, 2.24) is 5.32 Å². The maximum Gasteiger partial charge on any atom is 0.320 e. The predicted octanol–water partition coefficient (Wildman–Crippen LogP) is -0.0961. The summed E-state index contributed by atoms with van der Waals surface area (Å²) in [5.74, 6) is -1.11. The van der Waals surface area contributed by atoms with Crippen LogP contribution in [0, 0.1) is 0 Å². The molecule has 0 radical (unpaired) electrons. The number of carboxylic acids is 1. The molecule has 0 spiro atoms. The minimum absolute atomic E-state index is 0.107. The fourth-order valence-corrected chi connectivity index (χ4v) is 3.54. The van der Waals surface area contributed by atoms with Crippen molar-refractivity contribution in [1.29, 1.82) is 0 Å². The number of hydrogen-bond donors (Lipinski definition) is 3. The van der Waals surface area contributed by atoms with E-state index in [9.17, 15) is 9.59 Å². The first kappa shape index (κ1) is 47.4. The molecular weight excluding hydrogens is 652 g/mol. The summed E-state index contributed by atoms with van der Waals surface area (Å²) in [6.45, 7) is 11.6. The molecule has 0 aromatic rings. The number of unbranched alkanes of at least 4 members (excludes halogenated alkanes) is 1. The highest BCUT2D eigenvalue weighted by Gasteiger charge is 2.10. The molecule has 4 N–H and O–H groups in total. The van der Waals surface area contributed by atoms with Crippen molar-refractivity contribution in [3.63, 3.8) is 0 Å². The largest absolute Gasteiger partial charge is 0.480 e. The van der Waals surface area contributed by atoms with E-state index in [2.05, 4.69) is 5.32 Å². The maximum atomic E-state index is 11.7. The van der Waals surface area contributed by atoms with Crippen LogP contribution in [0.3, 0.4) is 0 Å². The van der Waals surface area contributed by atoms with Crippen molar-refractivity contribution in [2.75, 3.05) is 166 Å². The summed E-state index contributed by atoms with van der Waals surface area (Å²) in [6, 6.07) is -0.851. The van der Waals surface area contributed by atoms with E-state index in [0.29, 0.717) is 178 Å². The van der Waals surface area contributed by atoms with Gasteiger partial charge in [-0.25, -0.2) is 0 Å². The van der Waals surface area contributed by atoms with Gasteiger partial charge in [-0.2, -0.15) is 0 Å². The lowest BCUT2D eigenvalue weighted by Gasteiger charge is -2.09. The fourth-order valence-electron chi connectivity index (χ4n) is 3.54. The zero-order valence-corrected chi connectivity index (χ0v) is 29.6. The van der Waals surface area contributed by atoms with Gasteiger partial charge >= 0.3 is 5.97 Å². The molecule has 0 aliphatic heterocycles. The van der Waals surface area contributed by atoms with Crippen molar-refractivity contribution < 1.29 is 71.5 Å². The highest BCUT2D eigenvalue weighted by Crippen LogP contribution is 1.98. The summed E-state index contributed by atoms with van der Waals surface area (Å²) < 4.78 is 64.6. The van der Waals surface area contributed by atoms with Gasteiger partial charge in [0.2, 0.25) is 5.91 Å². The second-order valence-electron chi connectivity index (χ2n) is 10.3. The van der Waals surface area contributed by atoms with Gasteiger partial charge in [0.1, 0.15) is 6.04 Å². The van der Waals surface area contributed by atoms with Crippen LogP contribution < -0.4 is 11.1 Å². The van der Waals surface area contributed by atoms with E-state index < -0.39 is 12.0 Å². The maximum absolute atomic E-state index is 11.7. The number of nitrogens with one attached hydrogen (secondary N) is 1. The summed E-state index contributed by atoms with van der Waals surface area (Å²) in [5.41, 5.74) is 5.43. The molecule has 0 heterocycles. The number of carboxylic acid groups (broad SMARTS) is 1. The lowest BCUT2D eigenvalue weighted by Crippen LogP contribution is -2.30. The monoisotopic (exact) mass is 716 g/mol. The highest BCUT2D eigenvalue weighted by atomic mass is 16.6. The quantitative estimate of drug-likeness (QED) is 0.0706. The Hall–Kier alpha value is -1.58. The van der Waals surface area contributed by atoms with Crippen molar-refractivity contribution in [2.24, 2.45) is 5.73 Å². The van der Waals surface area contributed by atoms with Gasteiger partial charge in [0, 0.05) is 20.1 Å². The first-order valence-corrected chi connectivity index (χ1v) is 17.2. The molecule has 0 aliphatic rings. The van der Waals surface area contributed by atoms with E-state index in [-0.39, 0.29) is 12.3 Å². The Balaban J connectivity index is 3.12. The number of methoxy groups -OCH3 is 1. The molecule has 1 amide bonds. The van der Waals surface area contributed by atoms with Crippen LogP contribution in [0.15, 0.2) is 0 Å². The third-order valence-corrected chi connectivity index (χ3v) is 6.21. The third-order valence-electron chi connectivity index (χ3n) is 6.21. The van der Waals surface area contributed by atoms with E-state index >= 15 is 0 Å². The van der Waals surface area contributed by atoms with Crippen molar-refractivity contribution >= 4 is 11.9 Å². The van der Waals surface area contributed by atoms with Gasteiger partial charge in [0.05, 0.1) is 152 Å². The van der Waals surface area contributed by atoms with E-state index in [4.69, 9.17) is 67.7 Å². The van der Waals surface area contributed by atoms with Crippen LogP contribution in [-0.2, 0) is 66.4 Å². The fraction of sp³-hybridized carbons (Fsp3) is 0.938. The number of carbonyl (C=O) groups excluding carboxylic acids is 1. The van der Waals surface area contributed by atoms with Crippen LogP contribution in [0.1, 0.15) is 25.7 Å². The molecule has 0 aromatic heterocycles. The molecule has 0 saturated heterocycles. The van der Waals surface area contributed by atoms with Crippen molar-refractivity contribution in [2.45, 2.75) is 31.7 Å². The first-order chi connectivity index (χ1) is 24.1. The molecule has 0 aliphatic carbocycles. The number of ether oxygens (including phenoxy) is 12. The molecule has 49 heavy (non-hydrogen) atoms. The molecule has 0 unspecified atom stereocenters. The first-order valence-electron chi connectivity index (χ1n) is 17.2. The number of carbonyl (C=O) groups is 2. The van der Waals surface area contributed by atoms with Gasteiger partial charge in [0.15, 0.2) is 0 Å². The number of aliphatic carboxylic acids is 1. The van der Waals surface area contributed by atoms with Crippen LogP contribution in [0.5, 0.6) is 0 Å². The molecule has 0 bridgehead atoms. The molecule has 17 heteroatoms. The summed E-state index contributed by atoms with van der Waals surface area (Å²) >= 11 is 0.